The van der Waals surface area contributed by atoms with Crippen LogP contribution in [0.5, 0.6) is 11.5 Å². The second kappa shape index (κ2) is 12.4. The molecule has 1 amide bonds. The molecule has 0 aliphatic carbocycles. The van der Waals surface area contributed by atoms with Gasteiger partial charge in [0.05, 0.1) is 24.2 Å². The zero-order valence-corrected chi connectivity index (χ0v) is 24.3. The fourth-order valence-electron chi connectivity index (χ4n) is 3.93. The lowest BCUT2D eigenvalue weighted by Gasteiger charge is -2.16. The van der Waals surface area contributed by atoms with Crippen LogP contribution in [0.4, 0.5) is 5.69 Å². The second-order valence-corrected chi connectivity index (χ2v) is 10.3. The summed E-state index contributed by atoms with van der Waals surface area (Å²) in [6.07, 6.45) is 2.22. The molecule has 1 aromatic heterocycles. The van der Waals surface area contributed by atoms with Crippen LogP contribution in [0.25, 0.3) is 10.9 Å². The van der Waals surface area contributed by atoms with E-state index in [2.05, 4.69) is 26.3 Å². The normalized spacial score (nSPS) is 12.1. The molecule has 3 aromatic carbocycles. The standard InChI is InChI=1S/C29H28BrClN4O4/c1-5-17(2)28-34-24-11-10-20(30)13-22(24)29(37)35(28)32-15-19-12-21(31)14-25(38-4)27(19)39-16-26(36)33-23-9-7-6-8-18(23)3/h6-15,17H,5,16H2,1-4H3,(H,33,36)/t17-/m1/s1. The largest absolute Gasteiger partial charge is 0.493 e. The van der Waals surface area contributed by atoms with Gasteiger partial charge in [0.2, 0.25) is 0 Å². The maximum atomic E-state index is 13.5. The zero-order valence-electron chi connectivity index (χ0n) is 22.0. The number of aryl methyl sites for hydroxylation is 1. The molecule has 0 fully saturated rings. The van der Waals surface area contributed by atoms with Crippen molar-refractivity contribution in [3.05, 3.63) is 91.4 Å². The fourth-order valence-corrected chi connectivity index (χ4v) is 4.50. The number of methoxy groups -OCH3 is 1. The SMILES string of the molecule is CC[C@@H](C)c1nc2ccc(Br)cc2c(=O)n1N=Cc1cc(Cl)cc(OC)c1OCC(=O)Nc1ccccc1C. The predicted molar refractivity (Wildman–Crippen MR) is 159 cm³/mol. The van der Waals surface area contributed by atoms with Crippen LogP contribution < -0.4 is 20.3 Å². The van der Waals surface area contributed by atoms with E-state index < -0.39 is 0 Å². The molecule has 0 bridgehead atoms. The molecule has 0 aliphatic heterocycles. The van der Waals surface area contributed by atoms with Crippen LogP contribution in [-0.4, -0.2) is 35.5 Å². The Labute approximate surface area is 239 Å². The minimum atomic E-state index is -0.344. The third-order valence-corrected chi connectivity index (χ3v) is 6.95. The summed E-state index contributed by atoms with van der Waals surface area (Å²) in [5.74, 6) is 0.743. The minimum Gasteiger partial charge on any atom is -0.493 e. The number of aromatic nitrogens is 2. The Morgan fingerprint density at radius 3 is 2.72 bits per heavy atom. The van der Waals surface area contributed by atoms with Gasteiger partial charge in [-0.25, -0.2) is 4.98 Å². The van der Waals surface area contributed by atoms with E-state index in [0.717, 1.165) is 16.5 Å². The number of benzene rings is 3. The van der Waals surface area contributed by atoms with E-state index in [1.807, 2.05) is 51.1 Å². The number of nitrogens with zero attached hydrogens (tertiary/aromatic N) is 3. The Morgan fingerprint density at radius 1 is 1.23 bits per heavy atom. The molecule has 4 rings (SSSR count). The van der Waals surface area contributed by atoms with E-state index in [-0.39, 0.29) is 29.7 Å². The summed E-state index contributed by atoms with van der Waals surface area (Å²) in [6, 6.07) is 16.0. The molecule has 202 valence electrons. The first-order valence-electron chi connectivity index (χ1n) is 12.3. The van der Waals surface area contributed by atoms with Gasteiger partial charge in [-0.2, -0.15) is 9.78 Å². The smallest absolute Gasteiger partial charge is 0.282 e. The van der Waals surface area contributed by atoms with E-state index >= 15 is 0 Å². The van der Waals surface area contributed by atoms with Gasteiger partial charge in [0.1, 0.15) is 5.82 Å². The summed E-state index contributed by atoms with van der Waals surface area (Å²) in [6.45, 7) is 5.63. The molecule has 0 aliphatic rings. The number of hydrogen-bond acceptors (Lipinski definition) is 6. The molecule has 1 N–H and O–H groups in total. The number of amides is 1. The summed E-state index contributed by atoms with van der Waals surface area (Å²) in [5.41, 5.74) is 2.35. The number of rotatable bonds is 9. The monoisotopic (exact) mass is 610 g/mol. The second-order valence-electron chi connectivity index (χ2n) is 8.98. The van der Waals surface area contributed by atoms with Crippen molar-refractivity contribution in [2.75, 3.05) is 19.0 Å². The van der Waals surface area contributed by atoms with E-state index in [0.29, 0.717) is 38.8 Å². The van der Waals surface area contributed by atoms with Crippen LogP contribution in [0.2, 0.25) is 5.02 Å². The van der Waals surface area contributed by atoms with Crippen molar-refractivity contribution in [1.82, 2.24) is 9.66 Å². The number of carbonyl (C=O) groups is 1. The van der Waals surface area contributed by atoms with Gasteiger partial charge in [0, 0.05) is 32.7 Å². The van der Waals surface area contributed by atoms with Crippen LogP contribution >= 0.6 is 27.5 Å². The number of para-hydroxylation sites is 1. The summed E-state index contributed by atoms with van der Waals surface area (Å²) in [5, 5.41) is 8.16. The maximum Gasteiger partial charge on any atom is 0.282 e. The van der Waals surface area contributed by atoms with Gasteiger partial charge in [-0.1, -0.05) is 59.6 Å². The maximum absolute atomic E-state index is 13.5. The van der Waals surface area contributed by atoms with Crippen LogP contribution in [0, 0.1) is 6.92 Å². The lowest BCUT2D eigenvalue weighted by atomic mass is 10.1. The highest BCUT2D eigenvalue weighted by Crippen LogP contribution is 2.34. The Balaban J connectivity index is 1.71. The number of hydrogen-bond donors (Lipinski definition) is 1. The molecule has 10 heteroatoms. The third-order valence-electron chi connectivity index (χ3n) is 6.23. The molecule has 0 saturated heterocycles. The van der Waals surface area contributed by atoms with Gasteiger partial charge >= 0.3 is 0 Å². The molecule has 0 spiro atoms. The molecule has 39 heavy (non-hydrogen) atoms. The van der Waals surface area contributed by atoms with Crippen molar-refractivity contribution in [3.63, 3.8) is 0 Å². The Kier molecular flexibility index (Phi) is 9.04. The first kappa shape index (κ1) is 28.3. The van der Waals surface area contributed by atoms with Gasteiger partial charge in [-0.05, 0) is 49.2 Å². The Hall–Kier alpha value is -3.69. The quantitative estimate of drug-likeness (QED) is 0.217. The van der Waals surface area contributed by atoms with Crippen molar-refractivity contribution in [2.24, 2.45) is 5.10 Å². The molecule has 0 unspecified atom stereocenters. The van der Waals surface area contributed by atoms with Crippen molar-refractivity contribution in [1.29, 1.82) is 0 Å². The highest BCUT2D eigenvalue weighted by atomic mass is 79.9. The van der Waals surface area contributed by atoms with E-state index in [1.165, 1.54) is 18.0 Å². The lowest BCUT2D eigenvalue weighted by Crippen LogP contribution is -2.24. The molecule has 0 saturated carbocycles. The van der Waals surface area contributed by atoms with Crippen LogP contribution in [0.1, 0.15) is 43.1 Å². The molecule has 1 heterocycles. The van der Waals surface area contributed by atoms with Gasteiger partial charge < -0.3 is 14.8 Å². The molecule has 4 aromatic rings. The number of nitrogens with one attached hydrogen (secondary N) is 1. The lowest BCUT2D eigenvalue weighted by molar-refractivity contribution is -0.118. The zero-order chi connectivity index (χ0) is 28.1. The van der Waals surface area contributed by atoms with Gasteiger partial charge in [0.25, 0.3) is 11.5 Å². The molecular weight excluding hydrogens is 584 g/mol. The average molecular weight is 612 g/mol. The first-order chi connectivity index (χ1) is 18.7. The number of ether oxygens (including phenoxy) is 2. The van der Waals surface area contributed by atoms with Gasteiger partial charge in [-0.15, -0.1) is 0 Å². The van der Waals surface area contributed by atoms with Crippen LogP contribution in [-0.2, 0) is 4.79 Å². The van der Waals surface area contributed by atoms with E-state index in [1.54, 1.807) is 24.3 Å². The van der Waals surface area contributed by atoms with Gasteiger partial charge in [0.15, 0.2) is 18.1 Å². The number of fused-ring (bicyclic) bond motifs is 1. The number of halogens is 2. The van der Waals surface area contributed by atoms with Crippen LogP contribution in [0.3, 0.4) is 0 Å². The molecular formula is C29H28BrClN4O4. The average Bonchev–Trinajstić information content (AvgIpc) is 2.92. The summed E-state index contributed by atoms with van der Waals surface area (Å²) in [7, 11) is 1.48. The highest BCUT2D eigenvalue weighted by Gasteiger charge is 2.18. The Morgan fingerprint density at radius 2 is 2.00 bits per heavy atom. The van der Waals surface area contributed by atoms with Crippen molar-refractivity contribution in [3.8, 4) is 11.5 Å². The molecule has 1 atom stereocenters. The predicted octanol–water partition coefficient (Wildman–Crippen LogP) is 6.54. The van der Waals surface area contributed by atoms with Crippen molar-refractivity contribution >= 4 is 56.2 Å². The summed E-state index contributed by atoms with van der Waals surface area (Å²) < 4.78 is 13.4. The van der Waals surface area contributed by atoms with Crippen molar-refractivity contribution in [2.45, 2.75) is 33.1 Å². The summed E-state index contributed by atoms with van der Waals surface area (Å²) >= 11 is 9.76. The number of anilines is 1. The van der Waals surface area contributed by atoms with E-state index in [9.17, 15) is 9.59 Å². The van der Waals surface area contributed by atoms with E-state index in [4.69, 9.17) is 26.1 Å². The summed E-state index contributed by atoms with van der Waals surface area (Å²) in [4.78, 5) is 30.9. The van der Waals surface area contributed by atoms with Crippen molar-refractivity contribution < 1.29 is 14.3 Å². The third kappa shape index (κ3) is 6.49. The minimum absolute atomic E-state index is 0.0300. The molecule has 8 nitrogen and oxygen atoms in total. The highest BCUT2D eigenvalue weighted by molar-refractivity contribution is 9.10. The fraction of sp³-hybridized carbons (Fsp3) is 0.241. The number of carbonyl (C=O) groups excluding carboxylic acids is 1. The molecule has 0 radical (unpaired) electrons. The van der Waals surface area contributed by atoms with Gasteiger partial charge in [-0.3, -0.25) is 9.59 Å². The van der Waals surface area contributed by atoms with Crippen LogP contribution in [0.15, 0.2) is 69.0 Å². The first-order valence-corrected chi connectivity index (χ1v) is 13.5. The Bertz CT molecular complexity index is 1620. The topological polar surface area (TPSA) is 94.8 Å².